The lowest BCUT2D eigenvalue weighted by Crippen LogP contribution is -2.55. The molecule has 1 aromatic heterocycles. The van der Waals surface area contributed by atoms with Crippen LogP contribution in [0.2, 0.25) is 0 Å². The van der Waals surface area contributed by atoms with E-state index >= 15 is 0 Å². The summed E-state index contributed by atoms with van der Waals surface area (Å²) in [7, 11) is 0. The fourth-order valence-corrected chi connectivity index (χ4v) is 2.79. The third-order valence-corrected chi connectivity index (χ3v) is 4.11. The van der Waals surface area contributed by atoms with Crippen LogP contribution in [0.1, 0.15) is 51.8 Å². The number of carbonyl (C=O) groups is 1. The summed E-state index contributed by atoms with van der Waals surface area (Å²) in [6, 6.07) is 0.395. The molecule has 2 heterocycles. The quantitative estimate of drug-likeness (QED) is 0.900. The van der Waals surface area contributed by atoms with Crippen LogP contribution in [0.3, 0.4) is 0 Å². The number of aromatic amines is 1. The molecule has 2 unspecified atom stereocenters. The van der Waals surface area contributed by atoms with E-state index in [1.807, 2.05) is 38.8 Å². The predicted octanol–water partition coefficient (Wildman–Crippen LogP) is 2.60. The van der Waals surface area contributed by atoms with Crippen molar-refractivity contribution in [2.75, 3.05) is 6.54 Å². The van der Waals surface area contributed by atoms with Crippen molar-refractivity contribution >= 4 is 6.09 Å². The monoisotopic (exact) mass is 308 g/mol. The zero-order valence-electron chi connectivity index (χ0n) is 14.3. The van der Waals surface area contributed by atoms with Crippen LogP contribution in [0.15, 0.2) is 6.20 Å². The Labute approximate surface area is 132 Å². The Hall–Kier alpha value is -1.56. The van der Waals surface area contributed by atoms with E-state index in [4.69, 9.17) is 4.74 Å². The van der Waals surface area contributed by atoms with E-state index in [-0.39, 0.29) is 18.2 Å². The maximum atomic E-state index is 12.3. The van der Waals surface area contributed by atoms with Gasteiger partial charge < -0.3 is 15.0 Å². The highest BCUT2D eigenvalue weighted by molar-refractivity contribution is 5.68. The largest absolute Gasteiger partial charge is 0.444 e. The van der Waals surface area contributed by atoms with Gasteiger partial charge in [0.2, 0.25) is 0 Å². The molecule has 1 fully saturated rings. The van der Waals surface area contributed by atoms with Gasteiger partial charge in [0.25, 0.3) is 0 Å². The maximum Gasteiger partial charge on any atom is 0.410 e. The van der Waals surface area contributed by atoms with E-state index in [9.17, 15) is 4.79 Å². The average Bonchev–Trinajstić information content (AvgIpc) is 2.81. The number of likely N-dealkylation sites (tertiary alicyclic amines) is 1. The van der Waals surface area contributed by atoms with Crippen molar-refractivity contribution in [3.63, 3.8) is 0 Å². The van der Waals surface area contributed by atoms with Gasteiger partial charge >= 0.3 is 6.09 Å². The summed E-state index contributed by atoms with van der Waals surface area (Å²) in [6.45, 7) is 11.3. The number of H-pyrrole nitrogens is 1. The van der Waals surface area contributed by atoms with E-state index in [1.165, 1.54) is 5.56 Å². The number of nitrogens with zero attached hydrogens (tertiary/aromatic N) is 2. The number of hydrogen-bond acceptors (Lipinski definition) is 4. The molecule has 1 amide bonds. The molecule has 0 aromatic carbocycles. The SMILES string of the molecule is Cc1[nH]ncc1CNC1CCCN(C(=O)OC(C)(C)C)C1C. The zero-order chi connectivity index (χ0) is 16.3. The van der Waals surface area contributed by atoms with E-state index in [1.54, 1.807) is 0 Å². The number of ether oxygens (including phenoxy) is 1. The summed E-state index contributed by atoms with van der Waals surface area (Å²) >= 11 is 0. The highest BCUT2D eigenvalue weighted by Gasteiger charge is 2.33. The van der Waals surface area contributed by atoms with E-state index in [2.05, 4.69) is 22.4 Å². The molecule has 0 spiro atoms. The standard InChI is InChI=1S/C16H28N4O2/c1-11-13(10-18-19-11)9-17-14-7-6-8-20(12(14)2)15(21)22-16(3,4)5/h10,12,14,17H,6-9H2,1-5H3,(H,18,19). The Morgan fingerprint density at radius 1 is 1.55 bits per heavy atom. The number of carbonyl (C=O) groups excluding carboxylic acids is 1. The highest BCUT2D eigenvalue weighted by atomic mass is 16.6. The molecular formula is C16H28N4O2. The summed E-state index contributed by atoms with van der Waals surface area (Å²) in [5, 5.41) is 10.5. The smallest absolute Gasteiger partial charge is 0.410 e. The van der Waals surface area contributed by atoms with Gasteiger partial charge in [-0.3, -0.25) is 5.10 Å². The lowest BCUT2D eigenvalue weighted by Gasteiger charge is -2.40. The van der Waals surface area contributed by atoms with Crippen molar-refractivity contribution < 1.29 is 9.53 Å². The van der Waals surface area contributed by atoms with Crippen molar-refractivity contribution in [2.24, 2.45) is 0 Å². The fraction of sp³-hybridized carbons (Fsp3) is 0.750. The molecule has 6 heteroatoms. The van der Waals surface area contributed by atoms with Gasteiger partial charge in [0, 0.05) is 36.4 Å². The number of piperidine rings is 1. The Morgan fingerprint density at radius 3 is 2.86 bits per heavy atom. The second kappa shape index (κ2) is 6.69. The van der Waals surface area contributed by atoms with Gasteiger partial charge in [-0.05, 0) is 47.5 Å². The topological polar surface area (TPSA) is 70.2 Å². The Balaban J connectivity index is 1.93. The van der Waals surface area contributed by atoms with Gasteiger partial charge in [-0.2, -0.15) is 5.10 Å². The van der Waals surface area contributed by atoms with Crippen LogP contribution in [0.5, 0.6) is 0 Å². The van der Waals surface area contributed by atoms with E-state index in [0.717, 1.165) is 31.6 Å². The molecule has 1 aliphatic rings. The molecule has 0 saturated carbocycles. The van der Waals surface area contributed by atoms with Crippen LogP contribution in [-0.4, -0.2) is 45.4 Å². The minimum absolute atomic E-state index is 0.121. The number of nitrogens with one attached hydrogen (secondary N) is 2. The third kappa shape index (κ3) is 4.22. The first kappa shape index (κ1) is 16.8. The number of amides is 1. The first-order valence-corrected chi connectivity index (χ1v) is 8.00. The number of aryl methyl sites for hydroxylation is 1. The molecule has 2 N–H and O–H groups in total. The molecule has 0 bridgehead atoms. The van der Waals surface area contributed by atoms with Gasteiger partial charge in [0.15, 0.2) is 0 Å². The van der Waals surface area contributed by atoms with Crippen LogP contribution >= 0.6 is 0 Å². The summed E-state index contributed by atoms with van der Waals surface area (Å²) in [5.41, 5.74) is 1.80. The van der Waals surface area contributed by atoms with E-state index < -0.39 is 5.60 Å². The number of aromatic nitrogens is 2. The fourth-order valence-electron chi connectivity index (χ4n) is 2.79. The Morgan fingerprint density at radius 2 is 2.27 bits per heavy atom. The van der Waals surface area contributed by atoms with Crippen LogP contribution in [0, 0.1) is 6.92 Å². The molecule has 1 saturated heterocycles. The van der Waals surface area contributed by atoms with Crippen LogP contribution in [0.4, 0.5) is 4.79 Å². The van der Waals surface area contributed by atoms with Crippen LogP contribution in [-0.2, 0) is 11.3 Å². The summed E-state index contributed by atoms with van der Waals surface area (Å²) in [4.78, 5) is 14.2. The molecule has 1 aliphatic heterocycles. The first-order valence-electron chi connectivity index (χ1n) is 8.00. The lowest BCUT2D eigenvalue weighted by molar-refractivity contribution is 0.00698. The number of hydrogen-bond donors (Lipinski definition) is 2. The molecule has 2 atom stereocenters. The minimum atomic E-state index is -0.453. The molecule has 0 radical (unpaired) electrons. The first-order chi connectivity index (χ1) is 10.3. The molecule has 1 aromatic rings. The predicted molar refractivity (Wildman–Crippen MR) is 85.6 cm³/mol. The molecule has 22 heavy (non-hydrogen) atoms. The van der Waals surface area contributed by atoms with Crippen LogP contribution < -0.4 is 5.32 Å². The van der Waals surface area contributed by atoms with Crippen molar-refractivity contribution in [3.05, 3.63) is 17.5 Å². The molecule has 6 nitrogen and oxygen atoms in total. The van der Waals surface area contributed by atoms with Gasteiger partial charge in [-0.15, -0.1) is 0 Å². The molecular weight excluding hydrogens is 280 g/mol. The zero-order valence-corrected chi connectivity index (χ0v) is 14.3. The summed E-state index contributed by atoms with van der Waals surface area (Å²) in [5.74, 6) is 0. The molecule has 124 valence electrons. The van der Waals surface area contributed by atoms with Gasteiger partial charge in [0.1, 0.15) is 5.60 Å². The molecule has 2 rings (SSSR count). The maximum absolute atomic E-state index is 12.3. The summed E-state index contributed by atoms with van der Waals surface area (Å²) < 4.78 is 5.51. The molecule has 0 aliphatic carbocycles. The van der Waals surface area contributed by atoms with Crippen molar-refractivity contribution in [2.45, 2.75) is 71.7 Å². The summed E-state index contributed by atoms with van der Waals surface area (Å²) in [6.07, 6.45) is 3.69. The van der Waals surface area contributed by atoms with Crippen molar-refractivity contribution in [1.29, 1.82) is 0 Å². The highest BCUT2D eigenvalue weighted by Crippen LogP contribution is 2.21. The lowest BCUT2D eigenvalue weighted by atomic mass is 9.97. The van der Waals surface area contributed by atoms with Gasteiger partial charge in [-0.25, -0.2) is 4.79 Å². The Bertz CT molecular complexity index is 506. The van der Waals surface area contributed by atoms with Crippen molar-refractivity contribution in [3.8, 4) is 0 Å². The van der Waals surface area contributed by atoms with E-state index in [0.29, 0.717) is 0 Å². The van der Waals surface area contributed by atoms with Crippen LogP contribution in [0.25, 0.3) is 0 Å². The third-order valence-electron chi connectivity index (χ3n) is 4.11. The second-order valence-electron chi connectivity index (χ2n) is 7.06. The Kier molecular flexibility index (Phi) is 5.11. The second-order valence-corrected chi connectivity index (χ2v) is 7.06. The van der Waals surface area contributed by atoms with Gasteiger partial charge in [-0.1, -0.05) is 0 Å². The van der Waals surface area contributed by atoms with Gasteiger partial charge in [0.05, 0.1) is 6.20 Å². The average molecular weight is 308 g/mol. The normalized spacial score (nSPS) is 22.7. The van der Waals surface area contributed by atoms with Crippen molar-refractivity contribution in [1.82, 2.24) is 20.4 Å². The minimum Gasteiger partial charge on any atom is -0.444 e. The number of rotatable bonds is 3.